The number of hydrogen-bond acceptors (Lipinski definition) is 5. The summed E-state index contributed by atoms with van der Waals surface area (Å²) in [6.45, 7) is 4.86. The lowest BCUT2D eigenvalue weighted by atomic mass is 10.2. The van der Waals surface area contributed by atoms with Crippen LogP contribution in [0.3, 0.4) is 0 Å². The summed E-state index contributed by atoms with van der Waals surface area (Å²) in [5, 5.41) is 6.56. The number of para-hydroxylation sites is 1. The average Bonchev–Trinajstić information content (AvgIpc) is 2.58. The summed E-state index contributed by atoms with van der Waals surface area (Å²) in [6, 6.07) is 14.0. The van der Waals surface area contributed by atoms with Gasteiger partial charge in [-0.25, -0.2) is 4.98 Å². The zero-order valence-electron chi connectivity index (χ0n) is 13.2. The van der Waals surface area contributed by atoms with E-state index in [1.807, 2.05) is 43.3 Å². The molecule has 0 unspecified atom stereocenters. The summed E-state index contributed by atoms with van der Waals surface area (Å²) < 4.78 is 0. The normalized spacial score (nSPS) is 10.3. The molecule has 0 radical (unpaired) electrons. The lowest BCUT2D eigenvalue weighted by Crippen LogP contribution is -2.05. The minimum atomic E-state index is 0.609. The van der Waals surface area contributed by atoms with Crippen molar-refractivity contribution in [3.8, 4) is 11.3 Å². The van der Waals surface area contributed by atoms with E-state index in [4.69, 9.17) is 0 Å². The number of pyridine rings is 1. The molecule has 2 aromatic heterocycles. The maximum atomic E-state index is 4.57. The number of anilines is 3. The van der Waals surface area contributed by atoms with Gasteiger partial charge >= 0.3 is 0 Å². The molecular formula is C18H19N5. The van der Waals surface area contributed by atoms with Gasteiger partial charge in [0, 0.05) is 36.3 Å². The molecule has 0 atom stereocenters. The van der Waals surface area contributed by atoms with E-state index in [1.165, 1.54) is 5.56 Å². The van der Waals surface area contributed by atoms with Crippen molar-refractivity contribution in [1.29, 1.82) is 0 Å². The van der Waals surface area contributed by atoms with Gasteiger partial charge in [-0.3, -0.25) is 4.98 Å². The van der Waals surface area contributed by atoms with E-state index in [1.54, 1.807) is 12.4 Å². The molecule has 116 valence electrons. The van der Waals surface area contributed by atoms with Crippen molar-refractivity contribution >= 4 is 17.5 Å². The van der Waals surface area contributed by atoms with Crippen LogP contribution in [-0.4, -0.2) is 21.5 Å². The molecule has 0 amide bonds. The van der Waals surface area contributed by atoms with Gasteiger partial charge in [0.1, 0.15) is 5.82 Å². The molecule has 0 fully saturated rings. The van der Waals surface area contributed by atoms with Crippen LogP contribution < -0.4 is 10.6 Å². The van der Waals surface area contributed by atoms with Crippen molar-refractivity contribution in [3.63, 3.8) is 0 Å². The number of aryl methyl sites for hydroxylation is 1. The van der Waals surface area contributed by atoms with Crippen LogP contribution in [0.1, 0.15) is 12.5 Å². The first kappa shape index (κ1) is 15.0. The van der Waals surface area contributed by atoms with Gasteiger partial charge in [0.2, 0.25) is 5.95 Å². The van der Waals surface area contributed by atoms with Crippen molar-refractivity contribution in [1.82, 2.24) is 15.0 Å². The maximum Gasteiger partial charge on any atom is 0.225 e. The van der Waals surface area contributed by atoms with Gasteiger partial charge in [0.05, 0.1) is 5.69 Å². The smallest absolute Gasteiger partial charge is 0.225 e. The molecule has 0 spiro atoms. The molecule has 5 heteroatoms. The molecule has 5 nitrogen and oxygen atoms in total. The Morgan fingerprint density at radius 3 is 2.52 bits per heavy atom. The fourth-order valence-electron chi connectivity index (χ4n) is 2.27. The predicted molar refractivity (Wildman–Crippen MR) is 93.9 cm³/mol. The fourth-order valence-corrected chi connectivity index (χ4v) is 2.27. The van der Waals surface area contributed by atoms with Crippen molar-refractivity contribution in [2.45, 2.75) is 13.8 Å². The van der Waals surface area contributed by atoms with Gasteiger partial charge in [-0.05, 0) is 37.6 Å². The van der Waals surface area contributed by atoms with Crippen molar-refractivity contribution < 1.29 is 0 Å². The largest absolute Gasteiger partial charge is 0.354 e. The van der Waals surface area contributed by atoms with E-state index in [0.717, 1.165) is 29.3 Å². The standard InChI is InChI=1S/C18H19N5/c1-3-20-18-22-16(14-8-10-19-11-9-14)12-17(23-18)21-15-7-5-4-6-13(15)2/h4-12H,3H2,1-2H3,(H2,20,21,22,23). The molecule has 0 saturated carbocycles. The molecular weight excluding hydrogens is 286 g/mol. The number of nitrogens with zero attached hydrogens (tertiary/aromatic N) is 3. The topological polar surface area (TPSA) is 62.7 Å². The molecule has 2 heterocycles. The van der Waals surface area contributed by atoms with E-state index in [2.05, 4.69) is 38.6 Å². The van der Waals surface area contributed by atoms with Gasteiger partial charge in [0.25, 0.3) is 0 Å². The monoisotopic (exact) mass is 305 g/mol. The van der Waals surface area contributed by atoms with Crippen LogP contribution >= 0.6 is 0 Å². The Bertz CT molecular complexity index is 786. The third-order valence-electron chi connectivity index (χ3n) is 3.44. The second-order valence-corrected chi connectivity index (χ2v) is 5.17. The highest BCUT2D eigenvalue weighted by Gasteiger charge is 2.07. The van der Waals surface area contributed by atoms with Crippen LogP contribution in [0.5, 0.6) is 0 Å². The van der Waals surface area contributed by atoms with E-state index < -0.39 is 0 Å². The van der Waals surface area contributed by atoms with Gasteiger partial charge in [0.15, 0.2) is 0 Å². The van der Waals surface area contributed by atoms with Crippen LogP contribution in [0.15, 0.2) is 54.9 Å². The highest BCUT2D eigenvalue weighted by atomic mass is 15.1. The minimum Gasteiger partial charge on any atom is -0.354 e. The molecule has 0 saturated heterocycles. The van der Waals surface area contributed by atoms with Crippen LogP contribution in [-0.2, 0) is 0 Å². The van der Waals surface area contributed by atoms with E-state index in [9.17, 15) is 0 Å². The van der Waals surface area contributed by atoms with Crippen LogP contribution in [0.4, 0.5) is 17.5 Å². The highest BCUT2D eigenvalue weighted by Crippen LogP contribution is 2.24. The quantitative estimate of drug-likeness (QED) is 0.745. The van der Waals surface area contributed by atoms with E-state index in [-0.39, 0.29) is 0 Å². The Balaban J connectivity index is 1.99. The summed E-state index contributed by atoms with van der Waals surface area (Å²) in [5.41, 5.74) is 4.07. The maximum absolute atomic E-state index is 4.57. The molecule has 3 aromatic rings. The Morgan fingerprint density at radius 2 is 1.78 bits per heavy atom. The Labute approximate surface area is 135 Å². The highest BCUT2D eigenvalue weighted by molar-refractivity contribution is 5.68. The van der Waals surface area contributed by atoms with E-state index >= 15 is 0 Å². The first-order valence-corrected chi connectivity index (χ1v) is 7.62. The lowest BCUT2D eigenvalue weighted by Gasteiger charge is -2.12. The molecule has 1 aromatic carbocycles. The third kappa shape index (κ3) is 3.63. The minimum absolute atomic E-state index is 0.609. The van der Waals surface area contributed by atoms with Gasteiger partial charge in [-0.1, -0.05) is 18.2 Å². The third-order valence-corrected chi connectivity index (χ3v) is 3.44. The van der Waals surface area contributed by atoms with Gasteiger partial charge in [-0.2, -0.15) is 4.98 Å². The van der Waals surface area contributed by atoms with Gasteiger partial charge < -0.3 is 10.6 Å². The Hall–Kier alpha value is -2.95. The summed E-state index contributed by atoms with van der Waals surface area (Å²) in [4.78, 5) is 13.2. The number of aromatic nitrogens is 3. The van der Waals surface area contributed by atoms with Crippen molar-refractivity contribution in [3.05, 3.63) is 60.4 Å². The number of benzene rings is 1. The zero-order valence-corrected chi connectivity index (χ0v) is 13.2. The molecule has 0 aliphatic heterocycles. The van der Waals surface area contributed by atoms with Crippen molar-refractivity contribution in [2.75, 3.05) is 17.2 Å². The summed E-state index contributed by atoms with van der Waals surface area (Å²) in [5.74, 6) is 1.37. The Kier molecular flexibility index (Phi) is 4.47. The second kappa shape index (κ2) is 6.87. The van der Waals surface area contributed by atoms with Gasteiger partial charge in [-0.15, -0.1) is 0 Å². The summed E-state index contributed by atoms with van der Waals surface area (Å²) >= 11 is 0. The SMILES string of the molecule is CCNc1nc(Nc2ccccc2C)cc(-c2ccncc2)n1. The number of nitrogens with one attached hydrogen (secondary N) is 2. The van der Waals surface area contributed by atoms with Crippen LogP contribution in [0.2, 0.25) is 0 Å². The first-order valence-electron chi connectivity index (χ1n) is 7.62. The van der Waals surface area contributed by atoms with Crippen LogP contribution in [0, 0.1) is 6.92 Å². The average molecular weight is 305 g/mol. The van der Waals surface area contributed by atoms with Crippen molar-refractivity contribution in [2.24, 2.45) is 0 Å². The predicted octanol–water partition coefficient (Wildman–Crippen LogP) is 4.02. The molecule has 3 rings (SSSR count). The second-order valence-electron chi connectivity index (χ2n) is 5.17. The fraction of sp³-hybridized carbons (Fsp3) is 0.167. The molecule has 23 heavy (non-hydrogen) atoms. The lowest BCUT2D eigenvalue weighted by molar-refractivity contribution is 1.09. The number of hydrogen-bond donors (Lipinski definition) is 2. The molecule has 0 aliphatic carbocycles. The molecule has 0 aliphatic rings. The zero-order chi connectivity index (χ0) is 16.1. The summed E-state index contributed by atoms with van der Waals surface area (Å²) in [6.07, 6.45) is 3.53. The molecule has 2 N–H and O–H groups in total. The first-order chi connectivity index (χ1) is 11.3. The van der Waals surface area contributed by atoms with Crippen LogP contribution in [0.25, 0.3) is 11.3 Å². The summed E-state index contributed by atoms with van der Waals surface area (Å²) in [7, 11) is 0. The number of rotatable bonds is 5. The molecule has 0 bridgehead atoms. The van der Waals surface area contributed by atoms with E-state index in [0.29, 0.717) is 5.95 Å². The Morgan fingerprint density at radius 1 is 1.00 bits per heavy atom.